The first-order chi connectivity index (χ1) is 24.3. The highest BCUT2D eigenvalue weighted by atomic mass is 16.3. The van der Waals surface area contributed by atoms with E-state index in [1.54, 1.807) is 0 Å². The van der Waals surface area contributed by atoms with Gasteiger partial charge in [-0.25, -0.2) is 4.98 Å². The van der Waals surface area contributed by atoms with Crippen molar-refractivity contribution in [1.82, 2.24) is 9.97 Å². The van der Waals surface area contributed by atoms with E-state index in [-0.39, 0.29) is 0 Å². The molecule has 2 aromatic heterocycles. The Kier molecular flexibility index (Phi) is 7.14. The van der Waals surface area contributed by atoms with Crippen molar-refractivity contribution in [1.29, 1.82) is 0 Å². The van der Waals surface area contributed by atoms with E-state index in [0.717, 1.165) is 49.9 Å². The van der Waals surface area contributed by atoms with Crippen LogP contribution in [0.2, 0.25) is 0 Å². The molecular formula is C46H30N2O. The molecule has 2 heterocycles. The first-order valence-electron chi connectivity index (χ1n) is 16.5. The molecule has 0 bridgehead atoms. The Morgan fingerprint density at radius 3 is 1.29 bits per heavy atom. The fraction of sp³-hybridized carbons (Fsp3) is 0. The van der Waals surface area contributed by atoms with E-state index in [9.17, 15) is 0 Å². The molecule has 7 aromatic carbocycles. The van der Waals surface area contributed by atoms with Crippen molar-refractivity contribution in [3.8, 4) is 67.2 Å². The van der Waals surface area contributed by atoms with Crippen molar-refractivity contribution in [3.05, 3.63) is 182 Å². The summed E-state index contributed by atoms with van der Waals surface area (Å²) < 4.78 is 6.28. The molecule has 0 saturated heterocycles. The molecule has 49 heavy (non-hydrogen) atoms. The Morgan fingerprint density at radius 1 is 0.327 bits per heavy atom. The summed E-state index contributed by atoms with van der Waals surface area (Å²) in [5.41, 5.74) is 13.6. The predicted molar refractivity (Wildman–Crippen MR) is 202 cm³/mol. The number of rotatable bonds is 6. The van der Waals surface area contributed by atoms with Gasteiger partial charge in [-0.2, -0.15) is 4.98 Å². The topological polar surface area (TPSA) is 38.9 Å². The van der Waals surface area contributed by atoms with Crippen LogP contribution in [0.15, 0.2) is 186 Å². The second-order valence-electron chi connectivity index (χ2n) is 12.2. The lowest BCUT2D eigenvalue weighted by Crippen LogP contribution is -1.94. The van der Waals surface area contributed by atoms with Gasteiger partial charge >= 0.3 is 0 Å². The highest BCUT2D eigenvalue weighted by Crippen LogP contribution is 2.37. The van der Waals surface area contributed by atoms with Gasteiger partial charge in [-0.15, -0.1) is 0 Å². The summed E-state index contributed by atoms with van der Waals surface area (Å²) in [6, 6.07) is 63.6. The molecule has 0 radical (unpaired) electrons. The summed E-state index contributed by atoms with van der Waals surface area (Å²) in [5, 5.41) is 1.95. The quantitative estimate of drug-likeness (QED) is 0.184. The van der Waals surface area contributed by atoms with Crippen LogP contribution in [-0.2, 0) is 0 Å². The van der Waals surface area contributed by atoms with Gasteiger partial charge in [0, 0.05) is 16.5 Å². The number of fused-ring (bicyclic) bond motifs is 3. The average Bonchev–Trinajstić information content (AvgIpc) is 3.57. The highest BCUT2D eigenvalue weighted by Gasteiger charge is 2.18. The Morgan fingerprint density at radius 2 is 0.735 bits per heavy atom. The van der Waals surface area contributed by atoms with Gasteiger partial charge in [-0.1, -0.05) is 152 Å². The van der Waals surface area contributed by atoms with Crippen molar-refractivity contribution in [3.63, 3.8) is 0 Å². The Labute approximate surface area is 284 Å². The maximum Gasteiger partial charge on any atom is 0.231 e. The van der Waals surface area contributed by atoms with Gasteiger partial charge in [0.1, 0.15) is 5.58 Å². The molecule has 9 aromatic rings. The lowest BCUT2D eigenvalue weighted by molar-refractivity contribution is 0.653. The monoisotopic (exact) mass is 626 g/mol. The summed E-state index contributed by atoms with van der Waals surface area (Å²) in [4.78, 5) is 10.1. The molecule has 0 unspecified atom stereocenters. The van der Waals surface area contributed by atoms with Crippen LogP contribution in [0.1, 0.15) is 0 Å². The molecular weight excluding hydrogens is 597 g/mol. The van der Waals surface area contributed by atoms with Crippen LogP contribution in [0, 0.1) is 0 Å². The van der Waals surface area contributed by atoms with Gasteiger partial charge in [0.2, 0.25) is 5.71 Å². The minimum Gasteiger partial charge on any atom is -0.438 e. The first-order valence-corrected chi connectivity index (χ1v) is 16.5. The molecule has 3 heteroatoms. The Bertz CT molecular complexity index is 2600. The molecule has 3 nitrogen and oxygen atoms in total. The van der Waals surface area contributed by atoms with Gasteiger partial charge in [0.15, 0.2) is 5.82 Å². The van der Waals surface area contributed by atoms with Crippen LogP contribution >= 0.6 is 0 Å². The molecule has 0 N–H and O–H groups in total. The molecule has 0 atom stereocenters. The molecule has 9 rings (SSSR count). The van der Waals surface area contributed by atoms with Crippen LogP contribution in [0.4, 0.5) is 0 Å². The van der Waals surface area contributed by atoms with Gasteiger partial charge in [0.05, 0.1) is 11.1 Å². The van der Waals surface area contributed by atoms with E-state index in [4.69, 9.17) is 14.4 Å². The minimum absolute atomic E-state index is 0.589. The maximum atomic E-state index is 6.28. The van der Waals surface area contributed by atoms with Crippen LogP contribution < -0.4 is 0 Å². The van der Waals surface area contributed by atoms with Crippen molar-refractivity contribution in [2.24, 2.45) is 0 Å². The third-order valence-electron chi connectivity index (χ3n) is 9.10. The summed E-state index contributed by atoms with van der Waals surface area (Å²) >= 11 is 0. The maximum absolute atomic E-state index is 6.28. The fourth-order valence-electron chi connectivity index (χ4n) is 6.66. The third-order valence-corrected chi connectivity index (χ3v) is 9.10. The van der Waals surface area contributed by atoms with Gasteiger partial charge in [-0.05, 0) is 74.8 Å². The zero-order chi connectivity index (χ0) is 32.6. The van der Waals surface area contributed by atoms with Crippen LogP contribution in [0.5, 0.6) is 0 Å². The highest BCUT2D eigenvalue weighted by molar-refractivity contribution is 6.10. The smallest absolute Gasteiger partial charge is 0.231 e. The first kappa shape index (κ1) is 28.6. The van der Waals surface area contributed by atoms with Crippen molar-refractivity contribution >= 4 is 22.1 Å². The summed E-state index contributed by atoms with van der Waals surface area (Å²) in [6.45, 7) is 0. The Hall–Kier alpha value is -6.58. The van der Waals surface area contributed by atoms with Crippen molar-refractivity contribution in [2.75, 3.05) is 0 Å². The number of benzene rings is 7. The van der Waals surface area contributed by atoms with Crippen LogP contribution in [0.25, 0.3) is 89.2 Å². The van der Waals surface area contributed by atoms with Gasteiger partial charge in [0.25, 0.3) is 0 Å². The van der Waals surface area contributed by atoms with Gasteiger partial charge < -0.3 is 4.42 Å². The Balaban J connectivity index is 1.08. The lowest BCUT2D eigenvalue weighted by atomic mass is 9.94. The van der Waals surface area contributed by atoms with Crippen LogP contribution in [-0.4, -0.2) is 9.97 Å². The molecule has 0 saturated carbocycles. The van der Waals surface area contributed by atoms with Crippen molar-refractivity contribution < 1.29 is 4.42 Å². The normalized spacial score (nSPS) is 11.3. The number of hydrogen-bond acceptors (Lipinski definition) is 3. The number of nitrogens with zero attached hydrogens (tertiary/aromatic N) is 2. The molecule has 0 amide bonds. The fourth-order valence-corrected chi connectivity index (χ4v) is 6.66. The van der Waals surface area contributed by atoms with E-state index in [0.29, 0.717) is 11.5 Å². The number of hydrogen-bond donors (Lipinski definition) is 0. The van der Waals surface area contributed by atoms with E-state index in [1.807, 2.05) is 36.4 Å². The molecule has 0 aliphatic rings. The van der Waals surface area contributed by atoms with E-state index < -0.39 is 0 Å². The minimum atomic E-state index is 0.589. The standard InChI is InChI=1S/C46H30N2O/c1-3-13-31(14-4-1)33-17-9-18-34(27-33)35-19-10-20-36(28-35)37-21-11-22-38(29-37)39-23-12-24-40(30-39)45-47-44(32-15-5-2-6-16-32)43-41-25-7-8-26-42(41)49-46(43)48-45/h1-30H. The van der Waals surface area contributed by atoms with Crippen molar-refractivity contribution in [2.45, 2.75) is 0 Å². The molecule has 0 aliphatic carbocycles. The SMILES string of the molecule is c1ccc(-c2cccc(-c3cccc(-c4cccc(-c5cccc(-c6nc(-c7ccccc7)c7c(n6)oc6ccccc67)c5)c4)c3)c2)cc1. The zero-order valence-corrected chi connectivity index (χ0v) is 26.6. The van der Waals surface area contributed by atoms with Gasteiger partial charge in [-0.3, -0.25) is 0 Å². The second kappa shape index (κ2) is 12.2. The van der Waals surface area contributed by atoms with E-state index in [1.165, 1.54) is 27.8 Å². The number of furan rings is 1. The largest absolute Gasteiger partial charge is 0.438 e. The number of aromatic nitrogens is 2. The number of para-hydroxylation sites is 1. The van der Waals surface area contributed by atoms with E-state index in [2.05, 4.69) is 146 Å². The summed E-state index contributed by atoms with van der Waals surface area (Å²) in [5.74, 6) is 0.633. The average molecular weight is 627 g/mol. The lowest BCUT2D eigenvalue weighted by Gasteiger charge is -2.11. The third kappa shape index (κ3) is 5.48. The van der Waals surface area contributed by atoms with Crippen LogP contribution in [0.3, 0.4) is 0 Å². The molecule has 0 aliphatic heterocycles. The molecule has 0 spiro atoms. The summed E-state index contributed by atoms with van der Waals surface area (Å²) in [7, 11) is 0. The molecule has 230 valence electrons. The molecule has 0 fully saturated rings. The second-order valence-corrected chi connectivity index (χ2v) is 12.2. The van der Waals surface area contributed by atoms with E-state index >= 15 is 0 Å². The predicted octanol–water partition coefficient (Wildman–Crippen LogP) is 12.4. The zero-order valence-electron chi connectivity index (χ0n) is 26.6. The summed E-state index contributed by atoms with van der Waals surface area (Å²) in [6.07, 6.45) is 0.